The summed E-state index contributed by atoms with van der Waals surface area (Å²) in [5, 5.41) is 3.29. The van der Waals surface area contributed by atoms with E-state index in [9.17, 15) is 9.59 Å². The summed E-state index contributed by atoms with van der Waals surface area (Å²) in [6.45, 7) is 5.11. The van der Waals surface area contributed by atoms with Gasteiger partial charge in [-0.15, -0.1) is 12.4 Å². The molecule has 2 saturated heterocycles. The first kappa shape index (κ1) is 19.0. The largest absolute Gasteiger partial charge is 0.441 e. The Morgan fingerprint density at radius 3 is 2.85 bits per heavy atom. The van der Waals surface area contributed by atoms with Crippen molar-refractivity contribution in [3.05, 3.63) is 29.3 Å². The van der Waals surface area contributed by atoms with Gasteiger partial charge in [0.05, 0.1) is 6.54 Å². The van der Waals surface area contributed by atoms with Gasteiger partial charge in [-0.1, -0.05) is 17.7 Å². The van der Waals surface area contributed by atoms with Crippen LogP contribution in [0.25, 0.3) is 0 Å². The molecule has 0 radical (unpaired) electrons. The van der Waals surface area contributed by atoms with E-state index >= 15 is 0 Å². The molecule has 2 amide bonds. The van der Waals surface area contributed by atoms with Gasteiger partial charge in [0, 0.05) is 25.1 Å². The third kappa shape index (κ3) is 3.53. The third-order valence-electron chi connectivity index (χ3n) is 5.54. The van der Waals surface area contributed by atoms with Crippen LogP contribution in [0.4, 0.5) is 10.5 Å². The lowest BCUT2D eigenvalue weighted by Crippen LogP contribution is -2.46. The van der Waals surface area contributed by atoms with Crippen molar-refractivity contribution in [1.82, 2.24) is 10.2 Å². The van der Waals surface area contributed by atoms with E-state index in [1.165, 1.54) is 11.1 Å². The third-order valence-corrected chi connectivity index (χ3v) is 5.54. The summed E-state index contributed by atoms with van der Waals surface area (Å²) < 4.78 is 5.65. The number of benzene rings is 1. The molecule has 0 saturated carbocycles. The molecule has 3 heterocycles. The number of nitrogens with zero attached hydrogens (tertiary/aromatic N) is 2. The first-order chi connectivity index (χ1) is 12.1. The van der Waals surface area contributed by atoms with Crippen LogP contribution in [-0.2, 0) is 16.0 Å². The fourth-order valence-corrected chi connectivity index (χ4v) is 4.19. The molecule has 6 nitrogen and oxygen atoms in total. The van der Waals surface area contributed by atoms with E-state index in [4.69, 9.17) is 4.74 Å². The fraction of sp³-hybridized carbons (Fsp3) is 0.579. The van der Waals surface area contributed by atoms with Crippen molar-refractivity contribution in [2.75, 3.05) is 37.6 Å². The number of carbonyl (C=O) groups is 2. The van der Waals surface area contributed by atoms with Gasteiger partial charge in [-0.25, -0.2) is 4.79 Å². The number of hydrogen-bond donors (Lipinski definition) is 1. The number of ether oxygens (including phenoxy) is 1. The SMILES string of the molecule is Cc1ccc2c(c1)CCCN2C(=O)CN1CC2(CCNCC2)OC1=O.Cl. The zero-order chi connectivity index (χ0) is 17.4. The molecule has 3 aliphatic rings. The maximum absolute atomic E-state index is 12.9. The van der Waals surface area contributed by atoms with Crippen LogP contribution in [0.5, 0.6) is 0 Å². The van der Waals surface area contributed by atoms with E-state index in [0.717, 1.165) is 44.5 Å². The molecule has 4 rings (SSSR count). The Morgan fingerprint density at radius 2 is 2.08 bits per heavy atom. The molecule has 2 fully saturated rings. The molecule has 3 aliphatic heterocycles. The predicted octanol–water partition coefficient (Wildman–Crippen LogP) is 2.27. The smallest absolute Gasteiger partial charge is 0.410 e. The number of anilines is 1. The van der Waals surface area contributed by atoms with Crippen LogP contribution < -0.4 is 10.2 Å². The zero-order valence-electron chi connectivity index (χ0n) is 15.1. The van der Waals surface area contributed by atoms with Gasteiger partial charge in [-0.3, -0.25) is 9.69 Å². The number of piperidine rings is 1. The number of nitrogens with one attached hydrogen (secondary N) is 1. The summed E-state index contributed by atoms with van der Waals surface area (Å²) >= 11 is 0. The minimum absolute atomic E-state index is 0. The molecule has 0 aromatic heterocycles. The minimum atomic E-state index is -0.403. The van der Waals surface area contributed by atoms with E-state index in [1.807, 2.05) is 17.0 Å². The molecule has 1 aromatic carbocycles. The Bertz CT molecular complexity index is 703. The Hall–Kier alpha value is -1.79. The first-order valence-electron chi connectivity index (χ1n) is 9.15. The van der Waals surface area contributed by atoms with Crippen molar-refractivity contribution in [2.45, 2.75) is 38.2 Å². The molecule has 0 atom stereocenters. The normalized spacial score (nSPS) is 21.2. The van der Waals surface area contributed by atoms with Gasteiger partial charge < -0.3 is 15.0 Å². The first-order valence-corrected chi connectivity index (χ1v) is 9.15. The van der Waals surface area contributed by atoms with Crippen molar-refractivity contribution < 1.29 is 14.3 Å². The minimum Gasteiger partial charge on any atom is -0.441 e. The summed E-state index contributed by atoms with van der Waals surface area (Å²) in [6, 6.07) is 6.22. The van der Waals surface area contributed by atoms with E-state index in [2.05, 4.69) is 18.3 Å². The number of hydrogen-bond acceptors (Lipinski definition) is 4. The molecule has 26 heavy (non-hydrogen) atoms. The summed E-state index contributed by atoms with van der Waals surface area (Å²) in [6.07, 6.45) is 3.24. The highest BCUT2D eigenvalue weighted by atomic mass is 35.5. The van der Waals surface area contributed by atoms with Gasteiger partial charge in [-0.05, 0) is 44.5 Å². The zero-order valence-corrected chi connectivity index (χ0v) is 15.9. The van der Waals surface area contributed by atoms with E-state index in [0.29, 0.717) is 13.1 Å². The standard InChI is InChI=1S/C19H25N3O3.ClH/c1-14-4-5-16-15(11-14)3-2-10-22(16)17(23)12-21-13-19(25-18(21)24)6-8-20-9-7-19;/h4-5,11,20H,2-3,6-10,12-13H2,1H3;1H. The lowest BCUT2D eigenvalue weighted by molar-refractivity contribution is -0.119. The average molecular weight is 380 g/mol. The maximum atomic E-state index is 12.9. The lowest BCUT2D eigenvalue weighted by atomic mass is 9.92. The second kappa shape index (κ2) is 7.45. The molecular weight excluding hydrogens is 354 g/mol. The average Bonchev–Trinajstić information content (AvgIpc) is 2.89. The van der Waals surface area contributed by atoms with Gasteiger partial charge in [-0.2, -0.15) is 0 Å². The number of fused-ring (bicyclic) bond motifs is 1. The monoisotopic (exact) mass is 379 g/mol. The molecular formula is C19H26ClN3O3. The van der Waals surface area contributed by atoms with Crippen LogP contribution in [0, 0.1) is 6.92 Å². The number of amides is 2. The molecule has 0 unspecified atom stereocenters. The summed E-state index contributed by atoms with van der Waals surface area (Å²) in [7, 11) is 0. The van der Waals surface area contributed by atoms with Gasteiger partial charge in [0.1, 0.15) is 12.1 Å². The number of carbonyl (C=O) groups excluding carboxylic acids is 2. The van der Waals surface area contributed by atoms with Crippen molar-refractivity contribution in [3.63, 3.8) is 0 Å². The molecule has 1 aromatic rings. The number of rotatable bonds is 2. The summed E-state index contributed by atoms with van der Waals surface area (Å²) in [4.78, 5) is 28.6. The number of halogens is 1. The lowest BCUT2D eigenvalue weighted by Gasteiger charge is -2.32. The second-order valence-electron chi connectivity index (χ2n) is 7.44. The second-order valence-corrected chi connectivity index (χ2v) is 7.44. The predicted molar refractivity (Wildman–Crippen MR) is 102 cm³/mol. The van der Waals surface area contributed by atoms with Crippen LogP contribution in [0.2, 0.25) is 0 Å². The van der Waals surface area contributed by atoms with Gasteiger partial charge >= 0.3 is 6.09 Å². The fourth-order valence-electron chi connectivity index (χ4n) is 4.19. The number of aryl methyl sites for hydroxylation is 2. The molecule has 0 aliphatic carbocycles. The van der Waals surface area contributed by atoms with Crippen LogP contribution in [0.3, 0.4) is 0 Å². The van der Waals surface area contributed by atoms with E-state index in [1.54, 1.807) is 4.90 Å². The van der Waals surface area contributed by atoms with Crippen LogP contribution in [-0.4, -0.2) is 55.2 Å². The molecule has 0 bridgehead atoms. The van der Waals surface area contributed by atoms with Gasteiger partial charge in [0.25, 0.3) is 0 Å². The van der Waals surface area contributed by atoms with Crippen molar-refractivity contribution in [3.8, 4) is 0 Å². The van der Waals surface area contributed by atoms with Crippen molar-refractivity contribution in [2.24, 2.45) is 0 Å². The van der Waals surface area contributed by atoms with E-state index in [-0.39, 0.29) is 31.0 Å². The quantitative estimate of drug-likeness (QED) is 0.856. The molecule has 142 valence electrons. The molecule has 1 N–H and O–H groups in total. The van der Waals surface area contributed by atoms with Crippen molar-refractivity contribution in [1.29, 1.82) is 0 Å². The summed E-state index contributed by atoms with van der Waals surface area (Å²) in [5.41, 5.74) is 3.02. The Balaban J connectivity index is 0.00000196. The van der Waals surface area contributed by atoms with Gasteiger partial charge in [0.2, 0.25) is 5.91 Å². The van der Waals surface area contributed by atoms with E-state index < -0.39 is 5.60 Å². The maximum Gasteiger partial charge on any atom is 0.410 e. The van der Waals surface area contributed by atoms with Gasteiger partial charge in [0.15, 0.2) is 0 Å². The van der Waals surface area contributed by atoms with Crippen LogP contribution in [0.15, 0.2) is 18.2 Å². The topological polar surface area (TPSA) is 61.9 Å². The van der Waals surface area contributed by atoms with Crippen molar-refractivity contribution >= 4 is 30.1 Å². The Kier molecular flexibility index (Phi) is 5.44. The summed E-state index contributed by atoms with van der Waals surface area (Å²) in [5.74, 6) is -0.0206. The molecule has 1 spiro atoms. The Morgan fingerprint density at radius 1 is 1.31 bits per heavy atom. The van der Waals surface area contributed by atoms with Crippen LogP contribution >= 0.6 is 12.4 Å². The highest BCUT2D eigenvalue weighted by Crippen LogP contribution is 2.32. The van der Waals surface area contributed by atoms with Crippen LogP contribution in [0.1, 0.15) is 30.4 Å². The Labute approximate surface area is 160 Å². The highest BCUT2D eigenvalue weighted by Gasteiger charge is 2.46. The molecule has 7 heteroatoms. The highest BCUT2D eigenvalue weighted by molar-refractivity contribution is 5.97.